The second-order valence-electron chi connectivity index (χ2n) is 6.83. The van der Waals surface area contributed by atoms with Crippen molar-refractivity contribution in [3.05, 3.63) is 65.7 Å². The quantitative estimate of drug-likeness (QED) is 0.683. The molecule has 0 unspecified atom stereocenters. The molecule has 0 fully saturated rings. The van der Waals surface area contributed by atoms with E-state index < -0.39 is 6.04 Å². The SMILES string of the molecule is CCCNC(=O)[C@H](C)N(Cc1cccc(OC)c1)C(=O)CCc1ccccc1. The Morgan fingerprint density at radius 3 is 2.46 bits per heavy atom. The first-order chi connectivity index (χ1) is 13.5. The predicted octanol–water partition coefficient (Wildman–Crippen LogP) is 3.57. The molecule has 2 aromatic carbocycles. The molecule has 0 aromatic heterocycles. The first-order valence-electron chi connectivity index (χ1n) is 9.79. The zero-order valence-electron chi connectivity index (χ0n) is 17.0. The number of hydrogen-bond acceptors (Lipinski definition) is 3. The lowest BCUT2D eigenvalue weighted by atomic mass is 10.1. The van der Waals surface area contributed by atoms with Gasteiger partial charge in [0.2, 0.25) is 11.8 Å². The number of aryl methyl sites for hydroxylation is 1. The smallest absolute Gasteiger partial charge is 0.242 e. The lowest BCUT2D eigenvalue weighted by Gasteiger charge is -2.29. The molecule has 5 nitrogen and oxygen atoms in total. The van der Waals surface area contributed by atoms with E-state index in [1.54, 1.807) is 18.9 Å². The number of nitrogens with zero attached hydrogens (tertiary/aromatic N) is 1. The molecule has 0 aliphatic heterocycles. The van der Waals surface area contributed by atoms with Gasteiger partial charge in [-0.2, -0.15) is 0 Å². The van der Waals surface area contributed by atoms with Crippen molar-refractivity contribution in [3.63, 3.8) is 0 Å². The van der Waals surface area contributed by atoms with Crippen molar-refractivity contribution in [2.24, 2.45) is 0 Å². The summed E-state index contributed by atoms with van der Waals surface area (Å²) in [5.41, 5.74) is 2.04. The van der Waals surface area contributed by atoms with E-state index >= 15 is 0 Å². The highest BCUT2D eigenvalue weighted by atomic mass is 16.5. The molecule has 0 saturated heterocycles. The summed E-state index contributed by atoms with van der Waals surface area (Å²) in [6.07, 6.45) is 1.87. The van der Waals surface area contributed by atoms with Crippen LogP contribution >= 0.6 is 0 Å². The van der Waals surface area contributed by atoms with Gasteiger partial charge in [0.15, 0.2) is 0 Å². The Morgan fingerprint density at radius 2 is 1.79 bits per heavy atom. The number of carbonyl (C=O) groups is 2. The highest BCUT2D eigenvalue weighted by Gasteiger charge is 2.25. The fraction of sp³-hybridized carbons (Fsp3) is 0.391. The van der Waals surface area contributed by atoms with Gasteiger partial charge in [0.1, 0.15) is 11.8 Å². The fourth-order valence-corrected chi connectivity index (χ4v) is 2.99. The topological polar surface area (TPSA) is 58.6 Å². The first kappa shape index (κ1) is 21.5. The van der Waals surface area contributed by atoms with Crippen molar-refractivity contribution in [1.29, 1.82) is 0 Å². The van der Waals surface area contributed by atoms with E-state index in [2.05, 4.69) is 5.32 Å². The Balaban J connectivity index is 2.13. The fourth-order valence-electron chi connectivity index (χ4n) is 2.99. The first-order valence-corrected chi connectivity index (χ1v) is 9.79. The Morgan fingerprint density at radius 1 is 1.07 bits per heavy atom. The number of hydrogen-bond donors (Lipinski definition) is 1. The zero-order valence-corrected chi connectivity index (χ0v) is 17.0. The molecule has 2 rings (SSSR count). The van der Waals surface area contributed by atoms with Crippen molar-refractivity contribution in [2.75, 3.05) is 13.7 Å². The molecule has 0 bridgehead atoms. The third-order valence-corrected chi connectivity index (χ3v) is 4.67. The van der Waals surface area contributed by atoms with E-state index in [9.17, 15) is 9.59 Å². The number of carbonyl (C=O) groups excluding carboxylic acids is 2. The van der Waals surface area contributed by atoms with Gasteiger partial charge in [0.25, 0.3) is 0 Å². The van der Waals surface area contributed by atoms with Gasteiger partial charge in [-0.3, -0.25) is 9.59 Å². The summed E-state index contributed by atoms with van der Waals surface area (Å²) in [6, 6.07) is 17.0. The van der Waals surface area contributed by atoms with E-state index in [4.69, 9.17) is 4.74 Å². The highest BCUT2D eigenvalue weighted by molar-refractivity contribution is 5.87. The van der Waals surface area contributed by atoms with Gasteiger partial charge in [0.05, 0.1) is 7.11 Å². The molecule has 1 N–H and O–H groups in total. The molecule has 2 amide bonds. The van der Waals surface area contributed by atoms with E-state index in [-0.39, 0.29) is 11.8 Å². The number of ether oxygens (including phenoxy) is 1. The highest BCUT2D eigenvalue weighted by Crippen LogP contribution is 2.17. The maximum atomic E-state index is 13.0. The molecule has 2 aromatic rings. The summed E-state index contributed by atoms with van der Waals surface area (Å²) in [6.45, 7) is 4.76. The number of benzene rings is 2. The van der Waals surface area contributed by atoms with Crippen LogP contribution in [0.4, 0.5) is 0 Å². The van der Waals surface area contributed by atoms with Crippen LogP contribution in [0.15, 0.2) is 54.6 Å². The molecule has 0 radical (unpaired) electrons. The van der Waals surface area contributed by atoms with Crippen LogP contribution < -0.4 is 10.1 Å². The normalized spacial score (nSPS) is 11.5. The van der Waals surface area contributed by atoms with Crippen LogP contribution in [0.3, 0.4) is 0 Å². The van der Waals surface area contributed by atoms with E-state index in [1.165, 1.54) is 0 Å². The molecule has 0 aliphatic rings. The van der Waals surface area contributed by atoms with Gasteiger partial charge in [-0.1, -0.05) is 49.4 Å². The molecular weight excluding hydrogens is 352 g/mol. The largest absolute Gasteiger partial charge is 0.497 e. The van der Waals surface area contributed by atoms with Gasteiger partial charge < -0.3 is 15.0 Å². The summed E-state index contributed by atoms with van der Waals surface area (Å²) < 4.78 is 5.28. The minimum absolute atomic E-state index is 0.0363. The van der Waals surface area contributed by atoms with E-state index in [0.29, 0.717) is 25.9 Å². The van der Waals surface area contributed by atoms with Gasteiger partial charge >= 0.3 is 0 Å². The molecule has 150 valence electrons. The average molecular weight is 383 g/mol. The molecule has 0 spiro atoms. The molecule has 0 heterocycles. The maximum absolute atomic E-state index is 13.0. The van der Waals surface area contributed by atoms with Gasteiger partial charge in [0, 0.05) is 19.5 Å². The van der Waals surface area contributed by atoms with Crippen molar-refractivity contribution in [3.8, 4) is 5.75 Å². The lowest BCUT2D eigenvalue weighted by molar-refractivity contribution is -0.140. The molecule has 5 heteroatoms. The minimum Gasteiger partial charge on any atom is -0.497 e. The van der Waals surface area contributed by atoms with Crippen LogP contribution in [0.2, 0.25) is 0 Å². The van der Waals surface area contributed by atoms with Gasteiger partial charge in [-0.25, -0.2) is 0 Å². The second-order valence-corrected chi connectivity index (χ2v) is 6.83. The van der Waals surface area contributed by atoms with E-state index in [0.717, 1.165) is 23.3 Å². The van der Waals surface area contributed by atoms with Crippen LogP contribution in [0.5, 0.6) is 5.75 Å². The van der Waals surface area contributed by atoms with Crippen LogP contribution in [-0.2, 0) is 22.6 Å². The van der Waals surface area contributed by atoms with Crippen LogP contribution in [-0.4, -0.2) is 36.4 Å². The standard InChI is InChI=1S/C23H30N2O3/c1-4-15-24-23(27)18(2)25(17-20-11-8-12-21(16-20)28-3)22(26)14-13-19-9-6-5-7-10-19/h5-12,16,18H,4,13-15,17H2,1-3H3,(H,24,27)/t18-/m0/s1. The van der Waals surface area contributed by atoms with Crippen molar-refractivity contribution in [1.82, 2.24) is 10.2 Å². The summed E-state index contributed by atoms with van der Waals surface area (Å²) in [7, 11) is 1.61. The number of nitrogens with one attached hydrogen (secondary N) is 1. The summed E-state index contributed by atoms with van der Waals surface area (Å²) in [5.74, 6) is 0.570. The Bertz CT molecular complexity index is 761. The third kappa shape index (κ3) is 6.41. The van der Waals surface area contributed by atoms with Crippen molar-refractivity contribution < 1.29 is 14.3 Å². The van der Waals surface area contributed by atoms with E-state index in [1.807, 2.05) is 61.5 Å². The monoisotopic (exact) mass is 382 g/mol. The summed E-state index contributed by atoms with van der Waals surface area (Å²) in [5, 5.41) is 2.89. The number of amides is 2. The van der Waals surface area contributed by atoms with Crippen LogP contribution in [0.1, 0.15) is 37.8 Å². The Labute approximate surface area is 167 Å². The van der Waals surface area contributed by atoms with Crippen LogP contribution in [0, 0.1) is 0 Å². The average Bonchev–Trinajstić information content (AvgIpc) is 2.74. The Hall–Kier alpha value is -2.82. The number of methoxy groups -OCH3 is 1. The summed E-state index contributed by atoms with van der Waals surface area (Å²) in [4.78, 5) is 27.2. The van der Waals surface area contributed by atoms with Crippen molar-refractivity contribution in [2.45, 2.75) is 45.7 Å². The predicted molar refractivity (Wildman–Crippen MR) is 111 cm³/mol. The molecule has 1 atom stereocenters. The molecular formula is C23H30N2O3. The molecule has 0 saturated carbocycles. The Kier molecular flexibility index (Phi) is 8.53. The third-order valence-electron chi connectivity index (χ3n) is 4.67. The lowest BCUT2D eigenvalue weighted by Crippen LogP contribution is -2.47. The summed E-state index contributed by atoms with van der Waals surface area (Å²) >= 11 is 0. The molecule has 28 heavy (non-hydrogen) atoms. The minimum atomic E-state index is -0.541. The van der Waals surface area contributed by atoms with Gasteiger partial charge in [-0.05, 0) is 43.0 Å². The second kappa shape index (κ2) is 11.1. The number of rotatable bonds is 10. The van der Waals surface area contributed by atoms with Crippen LogP contribution in [0.25, 0.3) is 0 Å². The molecule has 0 aliphatic carbocycles. The maximum Gasteiger partial charge on any atom is 0.242 e. The zero-order chi connectivity index (χ0) is 20.4. The van der Waals surface area contributed by atoms with Gasteiger partial charge in [-0.15, -0.1) is 0 Å². The van der Waals surface area contributed by atoms with Crippen molar-refractivity contribution >= 4 is 11.8 Å².